The Balaban J connectivity index is 1.61. The van der Waals surface area contributed by atoms with Gasteiger partial charge in [-0.25, -0.2) is 4.98 Å². The first kappa shape index (κ1) is 15.4. The van der Waals surface area contributed by atoms with Crippen molar-refractivity contribution in [3.8, 4) is 0 Å². The number of nitrogens with one attached hydrogen (secondary N) is 1. The van der Waals surface area contributed by atoms with Crippen molar-refractivity contribution < 1.29 is 4.79 Å². The van der Waals surface area contributed by atoms with Gasteiger partial charge in [0.2, 0.25) is 5.91 Å². The zero-order chi connectivity index (χ0) is 15.7. The molecule has 2 atom stereocenters. The average Bonchev–Trinajstić information content (AvgIpc) is 3.02. The summed E-state index contributed by atoms with van der Waals surface area (Å²) < 4.78 is 1.23. The van der Waals surface area contributed by atoms with E-state index >= 15 is 0 Å². The largest absolute Gasteiger partial charge is 0.339 e. The molecule has 1 amide bonds. The van der Waals surface area contributed by atoms with Crippen molar-refractivity contribution in [3.63, 3.8) is 0 Å². The van der Waals surface area contributed by atoms with Gasteiger partial charge in [-0.05, 0) is 39.3 Å². The SMILES string of the molecule is CC(C)N1CC[C@H](N[C@@H](C)Cc2nc3ccccc3s2)C1=O. The maximum absolute atomic E-state index is 12.3. The van der Waals surface area contributed by atoms with Crippen LogP contribution in [0.25, 0.3) is 10.2 Å². The second-order valence-electron chi connectivity index (χ2n) is 6.31. The van der Waals surface area contributed by atoms with E-state index in [0.717, 1.165) is 29.9 Å². The maximum atomic E-state index is 12.3. The zero-order valence-corrected chi connectivity index (χ0v) is 14.2. The Morgan fingerprint density at radius 2 is 2.14 bits per heavy atom. The van der Waals surface area contributed by atoms with Crippen LogP contribution in [0.15, 0.2) is 24.3 Å². The van der Waals surface area contributed by atoms with Gasteiger partial charge in [-0.3, -0.25) is 4.79 Å². The number of para-hydroxylation sites is 1. The lowest BCUT2D eigenvalue weighted by Crippen LogP contribution is -2.44. The van der Waals surface area contributed by atoms with E-state index in [1.807, 2.05) is 17.0 Å². The third kappa shape index (κ3) is 3.15. The molecular weight excluding hydrogens is 294 g/mol. The summed E-state index contributed by atoms with van der Waals surface area (Å²) in [5, 5.41) is 4.61. The summed E-state index contributed by atoms with van der Waals surface area (Å²) in [5.74, 6) is 0.242. The summed E-state index contributed by atoms with van der Waals surface area (Å²) in [6, 6.07) is 8.73. The number of aromatic nitrogens is 1. The molecule has 1 saturated heterocycles. The Labute approximate surface area is 135 Å². The lowest BCUT2D eigenvalue weighted by Gasteiger charge is -2.22. The zero-order valence-electron chi connectivity index (χ0n) is 13.4. The molecule has 3 rings (SSSR count). The molecule has 0 unspecified atom stereocenters. The van der Waals surface area contributed by atoms with E-state index in [0.29, 0.717) is 6.04 Å². The van der Waals surface area contributed by atoms with E-state index in [9.17, 15) is 4.79 Å². The summed E-state index contributed by atoms with van der Waals surface area (Å²) in [4.78, 5) is 19.0. The monoisotopic (exact) mass is 317 g/mol. The molecule has 0 aliphatic carbocycles. The Hall–Kier alpha value is -1.46. The van der Waals surface area contributed by atoms with Gasteiger partial charge in [0.1, 0.15) is 0 Å². The molecule has 118 valence electrons. The van der Waals surface area contributed by atoms with Gasteiger partial charge in [-0.15, -0.1) is 11.3 Å². The van der Waals surface area contributed by atoms with Crippen LogP contribution in [0.4, 0.5) is 0 Å². The maximum Gasteiger partial charge on any atom is 0.240 e. The predicted octanol–water partition coefficient (Wildman–Crippen LogP) is 2.83. The topological polar surface area (TPSA) is 45.2 Å². The minimum absolute atomic E-state index is 0.0354. The van der Waals surface area contributed by atoms with E-state index in [2.05, 4.69) is 43.2 Å². The lowest BCUT2D eigenvalue weighted by atomic mass is 10.2. The summed E-state index contributed by atoms with van der Waals surface area (Å²) in [5.41, 5.74) is 1.07. The molecule has 0 radical (unpaired) electrons. The minimum atomic E-state index is -0.0354. The quantitative estimate of drug-likeness (QED) is 0.922. The molecule has 0 spiro atoms. The van der Waals surface area contributed by atoms with Crippen molar-refractivity contribution in [2.45, 2.75) is 51.7 Å². The van der Waals surface area contributed by atoms with Crippen LogP contribution >= 0.6 is 11.3 Å². The number of thiazole rings is 1. The standard InChI is InChI=1S/C17H23N3OS/c1-11(2)20-9-8-14(17(20)21)18-12(3)10-16-19-13-6-4-5-7-15(13)22-16/h4-7,11-12,14,18H,8-10H2,1-3H3/t12-,14-/m0/s1. The first-order valence-corrected chi connectivity index (χ1v) is 8.77. The van der Waals surface area contributed by atoms with Gasteiger partial charge in [-0.1, -0.05) is 12.1 Å². The molecule has 1 aliphatic rings. The molecule has 1 fully saturated rings. The number of carbonyl (C=O) groups excluding carboxylic acids is 1. The van der Waals surface area contributed by atoms with Crippen LogP contribution in [0.3, 0.4) is 0 Å². The van der Waals surface area contributed by atoms with Crippen molar-refractivity contribution in [1.82, 2.24) is 15.2 Å². The molecular formula is C17H23N3OS. The second kappa shape index (κ2) is 6.34. The average molecular weight is 317 g/mol. The third-order valence-electron chi connectivity index (χ3n) is 4.17. The van der Waals surface area contributed by atoms with Gasteiger partial charge in [-0.2, -0.15) is 0 Å². The Morgan fingerprint density at radius 3 is 2.82 bits per heavy atom. The van der Waals surface area contributed by atoms with Crippen LogP contribution < -0.4 is 5.32 Å². The molecule has 4 nitrogen and oxygen atoms in total. The predicted molar refractivity (Wildman–Crippen MR) is 91.2 cm³/mol. The molecule has 5 heteroatoms. The van der Waals surface area contributed by atoms with Crippen LogP contribution in [0.2, 0.25) is 0 Å². The lowest BCUT2D eigenvalue weighted by molar-refractivity contribution is -0.130. The van der Waals surface area contributed by atoms with Gasteiger partial charge in [0, 0.05) is 25.0 Å². The fourth-order valence-electron chi connectivity index (χ4n) is 3.04. The highest BCUT2D eigenvalue weighted by Crippen LogP contribution is 2.23. The molecule has 2 aromatic rings. The van der Waals surface area contributed by atoms with Gasteiger partial charge in [0.25, 0.3) is 0 Å². The van der Waals surface area contributed by atoms with Crippen LogP contribution in [0, 0.1) is 0 Å². The highest BCUT2D eigenvalue weighted by molar-refractivity contribution is 7.18. The number of amides is 1. The minimum Gasteiger partial charge on any atom is -0.339 e. The number of likely N-dealkylation sites (tertiary alicyclic amines) is 1. The highest BCUT2D eigenvalue weighted by Gasteiger charge is 2.33. The van der Waals surface area contributed by atoms with E-state index in [-0.39, 0.29) is 18.0 Å². The molecule has 0 saturated carbocycles. The molecule has 2 heterocycles. The number of hydrogen-bond donors (Lipinski definition) is 1. The molecule has 22 heavy (non-hydrogen) atoms. The molecule has 1 aliphatic heterocycles. The van der Waals surface area contributed by atoms with Crippen molar-refractivity contribution in [2.24, 2.45) is 0 Å². The molecule has 0 bridgehead atoms. The summed E-state index contributed by atoms with van der Waals surface area (Å²) in [7, 11) is 0. The molecule has 1 N–H and O–H groups in total. The van der Waals surface area contributed by atoms with Crippen molar-refractivity contribution in [1.29, 1.82) is 0 Å². The van der Waals surface area contributed by atoms with Crippen LogP contribution in [0.5, 0.6) is 0 Å². The Kier molecular flexibility index (Phi) is 4.45. The van der Waals surface area contributed by atoms with Gasteiger partial charge < -0.3 is 10.2 Å². The number of carbonyl (C=O) groups is 1. The fraction of sp³-hybridized carbons (Fsp3) is 0.529. The highest BCUT2D eigenvalue weighted by atomic mass is 32.1. The first-order chi connectivity index (χ1) is 10.5. The van der Waals surface area contributed by atoms with E-state index in [4.69, 9.17) is 0 Å². The van der Waals surface area contributed by atoms with Gasteiger partial charge >= 0.3 is 0 Å². The van der Waals surface area contributed by atoms with Crippen molar-refractivity contribution in [3.05, 3.63) is 29.3 Å². The van der Waals surface area contributed by atoms with Crippen LogP contribution in [-0.2, 0) is 11.2 Å². The Bertz CT molecular complexity index is 634. The van der Waals surface area contributed by atoms with Gasteiger partial charge in [0.15, 0.2) is 0 Å². The van der Waals surface area contributed by atoms with E-state index < -0.39 is 0 Å². The van der Waals surface area contributed by atoms with Crippen molar-refractivity contribution >= 4 is 27.5 Å². The van der Waals surface area contributed by atoms with E-state index in [1.165, 1.54) is 4.70 Å². The smallest absolute Gasteiger partial charge is 0.240 e. The van der Waals surface area contributed by atoms with Crippen LogP contribution in [-0.4, -0.2) is 40.5 Å². The Morgan fingerprint density at radius 1 is 1.36 bits per heavy atom. The number of fused-ring (bicyclic) bond motifs is 1. The normalized spacial score (nSPS) is 20.3. The summed E-state index contributed by atoms with van der Waals surface area (Å²) in [6.45, 7) is 7.15. The summed E-state index contributed by atoms with van der Waals surface area (Å²) in [6.07, 6.45) is 1.77. The molecule has 1 aromatic carbocycles. The molecule has 1 aromatic heterocycles. The fourth-order valence-corrected chi connectivity index (χ4v) is 4.14. The number of nitrogens with zero attached hydrogens (tertiary/aromatic N) is 2. The van der Waals surface area contributed by atoms with Crippen LogP contribution in [0.1, 0.15) is 32.2 Å². The first-order valence-electron chi connectivity index (χ1n) is 7.95. The summed E-state index contributed by atoms with van der Waals surface area (Å²) >= 11 is 1.74. The number of hydrogen-bond acceptors (Lipinski definition) is 4. The number of benzene rings is 1. The van der Waals surface area contributed by atoms with Gasteiger partial charge in [0.05, 0.1) is 21.3 Å². The van der Waals surface area contributed by atoms with E-state index in [1.54, 1.807) is 11.3 Å². The second-order valence-corrected chi connectivity index (χ2v) is 7.43. The number of rotatable bonds is 5. The third-order valence-corrected chi connectivity index (χ3v) is 5.23. The van der Waals surface area contributed by atoms with Crippen molar-refractivity contribution in [2.75, 3.05) is 6.54 Å².